The Morgan fingerprint density at radius 1 is 1.23 bits per heavy atom. The van der Waals surface area contributed by atoms with Gasteiger partial charge in [-0.15, -0.1) is 0 Å². The first-order valence-electron chi connectivity index (χ1n) is 12.3. The molecule has 35 heavy (non-hydrogen) atoms. The summed E-state index contributed by atoms with van der Waals surface area (Å²) in [5.41, 5.74) is 4.95. The number of hydrogen-bond acceptors (Lipinski definition) is 6. The van der Waals surface area contributed by atoms with E-state index in [1.807, 2.05) is 11.8 Å². The van der Waals surface area contributed by atoms with Crippen molar-refractivity contribution in [2.24, 2.45) is 0 Å². The van der Waals surface area contributed by atoms with E-state index >= 15 is 0 Å². The van der Waals surface area contributed by atoms with Gasteiger partial charge < -0.3 is 9.45 Å². The van der Waals surface area contributed by atoms with Gasteiger partial charge in [-0.05, 0) is 56.9 Å². The molecule has 5 nitrogen and oxygen atoms in total. The van der Waals surface area contributed by atoms with Crippen LogP contribution in [-0.2, 0) is 16.7 Å². The Morgan fingerprint density at radius 3 is 2.74 bits per heavy atom. The second-order valence-corrected chi connectivity index (χ2v) is 13.0. The van der Waals surface area contributed by atoms with Crippen LogP contribution < -0.4 is 4.57 Å². The lowest BCUT2D eigenvalue weighted by molar-refractivity contribution is -0.669. The number of thioether (sulfide) groups is 1. The maximum Gasteiger partial charge on any atom is 0.263 e. The fraction of sp³-hybridized carbons (Fsp3) is 0.444. The molecule has 2 aliphatic rings. The molecule has 1 aliphatic carbocycles. The van der Waals surface area contributed by atoms with Gasteiger partial charge in [-0.1, -0.05) is 59.9 Å². The molecular weight excluding hydrogens is 497 g/mol. The van der Waals surface area contributed by atoms with Crippen LogP contribution in [-0.4, -0.2) is 41.5 Å². The van der Waals surface area contributed by atoms with Gasteiger partial charge in [0.05, 0.1) is 26.4 Å². The summed E-state index contributed by atoms with van der Waals surface area (Å²) < 4.78 is 36.6. The number of benzene rings is 1. The third kappa shape index (κ3) is 6.28. The lowest BCUT2D eigenvalue weighted by Crippen LogP contribution is -2.35. The Kier molecular flexibility index (Phi) is 8.26. The fourth-order valence-electron chi connectivity index (χ4n) is 4.66. The van der Waals surface area contributed by atoms with Crippen molar-refractivity contribution in [3.63, 3.8) is 0 Å². The van der Waals surface area contributed by atoms with Gasteiger partial charge in [0.15, 0.2) is 6.54 Å². The van der Waals surface area contributed by atoms with E-state index in [-0.39, 0.29) is 5.75 Å². The lowest BCUT2D eigenvalue weighted by atomic mass is 10.0. The number of aryl methyl sites for hydroxylation is 2. The number of thiazole rings is 1. The largest absolute Gasteiger partial charge is 0.748 e. The molecular formula is C27H34N2O3S3. The van der Waals surface area contributed by atoms with Gasteiger partial charge in [0.2, 0.25) is 5.52 Å². The maximum atomic E-state index is 11.0. The molecule has 4 rings (SSSR count). The minimum absolute atomic E-state index is 0.305. The number of aromatic nitrogens is 1. The van der Waals surface area contributed by atoms with Crippen LogP contribution in [0.1, 0.15) is 50.6 Å². The van der Waals surface area contributed by atoms with E-state index in [0.717, 1.165) is 23.5 Å². The minimum atomic E-state index is -4.17. The Bertz CT molecular complexity index is 1320. The molecule has 2 atom stereocenters. The monoisotopic (exact) mass is 530 g/mol. The maximum absolute atomic E-state index is 11.0. The highest BCUT2D eigenvalue weighted by molar-refractivity contribution is 8.04. The van der Waals surface area contributed by atoms with Gasteiger partial charge >= 0.3 is 0 Å². The van der Waals surface area contributed by atoms with Gasteiger partial charge in [-0.2, -0.15) is 4.57 Å². The fourth-order valence-corrected chi connectivity index (χ4v) is 7.76. The number of rotatable bonds is 9. The molecule has 0 spiro atoms. The first-order chi connectivity index (χ1) is 16.7. The molecule has 1 aromatic heterocycles. The molecule has 2 aromatic rings. The van der Waals surface area contributed by atoms with E-state index in [2.05, 4.69) is 85.7 Å². The van der Waals surface area contributed by atoms with Crippen molar-refractivity contribution in [2.75, 3.05) is 12.3 Å². The summed E-state index contributed by atoms with van der Waals surface area (Å²) in [6.45, 7) is 10.3. The van der Waals surface area contributed by atoms with Gasteiger partial charge in [0, 0.05) is 30.9 Å². The van der Waals surface area contributed by atoms with Crippen LogP contribution in [0.4, 0.5) is 0 Å². The summed E-state index contributed by atoms with van der Waals surface area (Å²) in [5, 5.41) is 2.93. The van der Waals surface area contributed by atoms with E-state index < -0.39 is 10.1 Å². The van der Waals surface area contributed by atoms with Crippen LogP contribution in [0.2, 0.25) is 0 Å². The predicted molar refractivity (Wildman–Crippen MR) is 147 cm³/mol. The summed E-state index contributed by atoms with van der Waals surface area (Å²) in [5.74, 6) is -0.305. The molecule has 0 N–H and O–H groups in total. The number of fused-ring (bicyclic) bond motifs is 2. The molecule has 2 unspecified atom stereocenters. The van der Waals surface area contributed by atoms with E-state index in [9.17, 15) is 13.0 Å². The highest BCUT2D eigenvalue weighted by Gasteiger charge is 2.35. The third-order valence-electron chi connectivity index (χ3n) is 6.50. The van der Waals surface area contributed by atoms with Crippen molar-refractivity contribution in [2.45, 2.75) is 64.8 Å². The first-order valence-corrected chi connectivity index (χ1v) is 15.5. The molecule has 0 saturated carbocycles. The average Bonchev–Trinajstić information content (AvgIpc) is 3.31. The topological polar surface area (TPSA) is 64.3 Å². The molecule has 2 heterocycles. The Hall–Kier alpha value is -1.87. The molecule has 1 saturated heterocycles. The minimum Gasteiger partial charge on any atom is -0.748 e. The number of hydrogen-bond donors (Lipinski definition) is 0. The molecule has 1 aliphatic heterocycles. The Labute approximate surface area is 217 Å². The molecule has 8 heteroatoms. The van der Waals surface area contributed by atoms with E-state index in [1.54, 1.807) is 11.3 Å². The van der Waals surface area contributed by atoms with Crippen molar-refractivity contribution < 1.29 is 17.5 Å². The van der Waals surface area contributed by atoms with Crippen LogP contribution in [0.5, 0.6) is 0 Å². The smallest absolute Gasteiger partial charge is 0.263 e. The first kappa shape index (κ1) is 26.2. The van der Waals surface area contributed by atoms with Gasteiger partial charge in [-0.3, -0.25) is 0 Å². The van der Waals surface area contributed by atoms with Crippen molar-refractivity contribution in [3.05, 3.63) is 69.2 Å². The van der Waals surface area contributed by atoms with Gasteiger partial charge in [0.1, 0.15) is 4.70 Å². The number of allylic oxidation sites excluding steroid dienone is 4. The number of unbranched alkanes of at least 4 members (excludes halogenated alkanes) is 1. The SMILES string of the molecule is CCC(=Cc1sc2ccc(C)cc2[n+]1CCCCS(=O)(=O)[O-])C=C1SC2C=CC(C)=CC2N1CC. The quantitative estimate of drug-likeness (QED) is 0.234. The van der Waals surface area contributed by atoms with E-state index in [4.69, 9.17) is 0 Å². The normalized spacial score (nSPS) is 21.7. The predicted octanol–water partition coefficient (Wildman–Crippen LogP) is 5.78. The zero-order chi connectivity index (χ0) is 25.2. The Morgan fingerprint density at radius 2 is 2.03 bits per heavy atom. The van der Waals surface area contributed by atoms with E-state index in [0.29, 0.717) is 30.7 Å². The van der Waals surface area contributed by atoms with E-state index in [1.165, 1.54) is 26.4 Å². The summed E-state index contributed by atoms with van der Waals surface area (Å²) >= 11 is 3.70. The van der Waals surface area contributed by atoms with Crippen LogP contribution >= 0.6 is 23.1 Å². The summed E-state index contributed by atoms with van der Waals surface area (Å²) in [6.07, 6.45) is 13.5. The summed E-state index contributed by atoms with van der Waals surface area (Å²) in [4.78, 5) is 2.50. The number of nitrogens with zero attached hydrogens (tertiary/aromatic N) is 2. The molecule has 188 valence electrons. The van der Waals surface area contributed by atoms with Crippen LogP contribution in [0.25, 0.3) is 16.3 Å². The average molecular weight is 531 g/mol. The molecule has 1 aromatic carbocycles. The molecule has 0 bridgehead atoms. The molecule has 0 radical (unpaired) electrons. The summed E-state index contributed by atoms with van der Waals surface area (Å²) in [6, 6.07) is 6.89. The van der Waals surface area contributed by atoms with Crippen molar-refractivity contribution >= 4 is 49.5 Å². The number of likely N-dealkylation sites (N-methyl/N-ethyl adjacent to an activating group) is 1. The van der Waals surface area contributed by atoms with Crippen molar-refractivity contribution in [1.82, 2.24) is 4.90 Å². The highest BCUT2D eigenvalue weighted by atomic mass is 32.2. The highest BCUT2D eigenvalue weighted by Crippen LogP contribution is 2.43. The standard InChI is InChI=1S/C27H34N2O3S3/c1-5-21(17-26-28(6-2)22-15-19(3)9-11-24(22)33-26)18-27-29(13-7-8-14-35(30,31)32)23-16-20(4)10-12-25(23)34-27/h9-12,15-18,22,24H,5-8,13-14H2,1-4H3. The van der Waals surface area contributed by atoms with Gasteiger partial charge in [-0.25, -0.2) is 8.42 Å². The zero-order valence-electron chi connectivity index (χ0n) is 20.9. The second kappa shape index (κ2) is 11.0. The molecule has 1 fully saturated rings. The molecule has 0 amide bonds. The van der Waals surface area contributed by atoms with Crippen molar-refractivity contribution in [3.8, 4) is 0 Å². The lowest BCUT2D eigenvalue weighted by Gasteiger charge is -2.26. The van der Waals surface area contributed by atoms with Crippen molar-refractivity contribution in [1.29, 1.82) is 0 Å². The van der Waals surface area contributed by atoms with Crippen LogP contribution in [0.3, 0.4) is 0 Å². The van der Waals surface area contributed by atoms with Crippen LogP contribution in [0, 0.1) is 6.92 Å². The second-order valence-electron chi connectivity index (χ2n) is 9.22. The van der Waals surface area contributed by atoms with Crippen LogP contribution in [0.15, 0.2) is 58.7 Å². The van der Waals surface area contributed by atoms with Gasteiger partial charge in [0.25, 0.3) is 5.01 Å². The summed E-state index contributed by atoms with van der Waals surface area (Å²) in [7, 11) is -4.17. The Balaban J connectivity index is 1.66. The zero-order valence-corrected chi connectivity index (χ0v) is 23.3. The third-order valence-corrected chi connectivity index (χ3v) is 9.70.